The largest absolute Gasteiger partial charge is 0.481 e. The Morgan fingerprint density at radius 1 is 1.12 bits per heavy atom. The van der Waals surface area contributed by atoms with E-state index in [9.17, 15) is 19.5 Å². The van der Waals surface area contributed by atoms with E-state index in [0.717, 1.165) is 12.8 Å². The number of amides is 1. The fourth-order valence-corrected chi connectivity index (χ4v) is 3.48. The van der Waals surface area contributed by atoms with Crippen molar-refractivity contribution >= 4 is 17.6 Å². The molecule has 0 bridgehead atoms. The smallest absolute Gasteiger partial charge is 0.307 e. The highest BCUT2D eigenvalue weighted by molar-refractivity contribution is 5.95. The Morgan fingerprint density at radius 3 is 2.40 bits per heavy atom. The highest BCUT2D eigenvalue weighted by Gasteiger charge is 2.36. The zero-order valence-corrected chi connectivity index (χ0v) is 14.0. The van der Waals surface area contributed by atoms with E-state index in [-0.39, 0.29) is 11.2 Å². The monoisotopic (exact) mass is 343 g/mol. The molecule has 0 saturated heterocycles. The molecular formula is C18H21N3O4. The van der Waals surface area contributed by atoms with Gasteiger partial charge in [0.05, 0.1) is 23.7 Å². The third-order valence-electron chi connectivity index (χ3n) is 4.73. The molecule has 1 aromatic carbocycles. The van der Waals surface area contributed by atoms with Gasteiger partial charge in [0.15, 0.2) is 0 Å². The number of carboxylic acid groups (broad SMARTS) is 1. The van der Waals surface area contributed by atoms with Gasteiger partial charge in [-0.25, -0.2) is 4.68 Å². The predicted molar refractivity (Wildman–Crippen MR) is 92.7 cm³/mol. The summed E-state index contributed by atoms with van der Waals surface area (Å²) in [6, 6.07) is 9.11. The molecule has 2 atom stereocenters. The molecular weight excluding hydrogens is 322 g/mol. The molecule has 1 heterocycles. The molecule has 1 aliphatic rings. The Balaban J connectivity index is 1.85. The molecule has 3 rings (SSSR count). The molecule has 1 aliphatic carbocycles. The maximum absolute atomic E-state index is 12.6. The summed E-state index contributed by atoms with van der Waals surface area (Å²) >= 11 is 0. The minimum absolute atomic E-state index is 0.158. The summed E-state index contributed by atoms with van der Waals surface area (Å²) < 4.78 is 3.05. The maximum atomic E-state index is 12.6. The summed E-state index contributed by atoms with van der Waals surface area (Å²) in [6.07, 6.45) is 4.21. The molecule has 0 radical (unpaired) electrons. The van der Waals surface area contributed by atoms with Crippen molar-refractivity contribution in [1.82, 2.24) is 9.36 Å². The van der Waals surface area contributed by atoms with Gasteiger partial charge in [0.2, 0.25) is 5.91 Å². The maximum Gasteiger partial charge on any atom is 0.307 e. The molecule has 2 N–H and O–H groups in total. The van der Waals surface area contributed by atoms with Crippen LogP contribution in [0.2, 0.25) is 0 Å². The lowest BCUT2D eigenvalue weighted by atomic mass is 9.78. The molecule has 0 unspecified atom stereocenters. The number of hydrogen-bond acceptors (Lipinski definition) is 3. The van der Waals surface area contributed by atoms with Crippen LogP contribution in [0.1, 0.15) is 25.7 Å². The normalized spacial score (nSPS) is 20.2. The van der Waals surface area contributed by atoms with Crippen LogP contribution in [-0.4, -0.2) is 26.3 Å². The molecule has 1 aromatic heterocycles. The van der Waals surface area contributed by atoms with Gasteiger partial charge in [-0.1, -0.05) is 31.0 Å². The average molecular weight is 343 g/mol. The number of hydrogen-bond donors (Lipinski definition) is 2. The van der Waals surface area contributed by atoms with Crippen LogP contribution in [0.4, 0.5) is 5.69 Å². The van der Waals surface area contributed by atoms with Crippen molar-refractivity contribution in [2.24, 2.45) is 18.9 Å². The van der Waals surface area contributed by atoms with Crippen LogP contribution in [0.25, 0.3) is 5.69 Å². The Labute approximate surface area is 144 Å². The number of nitrogens with one attached hydrogen (secondary N) is 1. The van der Waals surface area contributed by atoms with Crippen LogP contribution < -0.4 is 10.9 Å². The van der Waals surface area contributed by atoms with Gasteiger partial charge in [-0.15, -0.1) is 0 Å². The van der Waals surface area contributed by atoms with Crippen LogP contribution in [0.15, 0.2) is 41.3 Å². The lowest BCUT2D eigenvalue weighted by Crippen LogP contribution is -2.36. The van der Waals surface area contributed by atoms with Gasteiger partial charge in [-0.3, -0.25) is 19.1 Å². The van der Waals surface area contributed by atoms with Crippen molar-refractivity contribution in [3.8, 4) is 5.69 Å². The zero-order valence-electron chi connectivity index (χ0n) is 14.0. The minimum atomic E-state index is -0.949. The second-order valence-corrected chi connectivity index (χ2v) is 6.39. The van der Waals surface area contributed by atoms with Crippen molar-refractivity contribution in [2.75, 3.05) is 5.32 Å². The van der Waals surface area contributed by atoms with Gasteiger partial charge in [0, 0.05) is 7.05 Å². The number of carbonyl (C=O) groups excluding carboxylic acids is 1. The van der Waals surface area contributed by atoms with Gasteiger partial charge in [-0.2, -0.15) is 0 Å². The van der Waals surface area contributed by atoms with Gasteiger partial charge in [0.1, 0.15) is 5.69 Å². The van der Waals surface area contributed by atoms with Gasteiger partial charge in [-0.05, 0) is 25.0 Å². The summed E-state index contributed by atoms with van der Waals surface area (Å²) in [6.45, 7) is 0. The van der Waals surface area contributed by atoms with Crippen LogP contribution >= 0.6 is 0 Å². The van der Waals surface area contributed by atoms with E-state index in [1.54, 1.807) is 30.1 Å². The number of benzene rings is 1. The Kier molecular flexibility index (Phi) is 4.74. The summed E-state index contributed by atoms with van der Waals surface area (Å²) in [7, 11) is 1.71. The van der Waals surface area contributed by atoms with Crippen LogP contribution in [0, 0.1) is 11.8 Å². The van der Waals surface area contributed by atoms with Crippen molar-refractivity contribution in [2.45, 2.75) is 25.7 Å². The number of anilines is 1. The molecule has 1 saturated carbocycles. The number of aryl methyl sites for hydroxylation is 1. The van der Waals surface area contributed by atoms with E-state index >= 15 is 0 Å². The fourth-order valence-electron chi connectivity index (χ4n) is 3.48. The number of para-hydroxylation sites is 1. The Bertz CT molecular complexity index is 838. The quantitative estimate of drug-likeness (QED) is 0.888. The van der Waals surface area contributed by atoms with Crippen LogP contribution in [-0.2, 0) is 16.6 Å². The predicted octanol–water partition coefficient (Wildman–Crippen LogP) is 2.01. The first-order chi connectivity index (χ1) is 12.0. The SMILES string of the molecule is Cn1cc(NC(=O)[C@H]2CCCC[C@@H]2C(=O)O)c(=O)n1-c1ccccc1. The highest BCUT2D eigenvalue weighted by Crippen LogP contribution is 2.31. The first-order valence-corrected chi connectivity index (χ1v) is 8.37. The van der Waals surface area contributed by atoms with Gasteiger partial charge < -0.3 is 10.4 Å². The molecule has 132 valence electrons. The van der Waals surface area contributed by atoms with E-state index < -0.39 is 23.7 Å². The summed E-state index contributed by atoms with van der Waals surface area (Å²) in [5, 5.41) is 12.0. The van der Waals surface area contributed by atoms with E-state index in [1.165, 1.54) is 4.68 Å². The van der Waals surface area contributed by atoms with Gasteiger partial charge in [0.25, 0.3) is 5.56 Å². The second-order valence-electron chi connectivity index (χ2n) is 6.39. The summed E-state index contributed by atoms with van der Waals surface area (Å²) in [5.41, 5.74) is 0.507. The molecule has 2 aromatic rings. The summed E-state index contributed by atoms with van der Waals surface area (Å²) in [4.78, 5) is 36.6. The molecule has 0 aliphatic heterocycles. The number of nitrogens with zero attached hydrogens (tertiary/aromatic N) is 2. The number of rotatable bonds is 4. The fraction of sp³-hybridized carbons (Fsp3) is 0.389. The average Bonchev–Trinajstić information content (AvgIpc) is 2.89. The van der Waals surface area contributed by atoms with Crippen LogP contribution in [0.5, 0.6) is 0 Å². The third kappa shape index (κ3) is 3.35. The van der Waals surface area contributed by atoms with Crippen molar-refractivity contribution in [3.63, 3.8) is 0 Å². The lowest BCUT2D eigenvalue weighted by Gasteiger charge is -2.27. The van der Waals surface area contributed by atoms with E-state index in [1.807, 2.05) is 18.2 Å². The zero-order chi connectivity index (χ0) is 18.0. The van der Waals surface area contributed by atoms with Crippen LogP contribution in [0.3, 0.4) is 0 Å². The number of carbonyl (C=O) groups is 2. The molecule has 7 nitrogen and oxygen atoms in total. The van der Waals surface area contributed by atoms with Crippen molar-refractivity contribution in [3.05, 3.63) is 46.9 Å². The molecule has 1 amide bonds. The Hall–Kier alpha value is -2.83. The molecule has 25 heavy (non-hydrogen) atoms. The van der Waals surface area contributed by atoms with E-state index in [2.05, 4.69) is 5.32 Å². The number of carboxylic acids is 1. The highest BCUT2D eigenvalue weighted by atomic mass is 16.4. The number of aromatic nitrogens is 2. The first-order valence-electron chi connectivity index (χ1n) is 8.37. The first kappa shape index (κ1) is 17.0. The standard InChI is InChI=1S/C18H21N3O4/c1-20-11-15(17(23)21(20)12-7-3-2-4-8-12)19-16(22)13-9-5-6-10-14(13)18(24)25/h2-4,7-8,11,13-14H,5-6,9-10H2,1H3,(H,19,22)(H,24,25)/t13-,14-/m0/s1. The second kappa shape index (κ2) is 6.96. The van der Waals surface area contributed by atoms with Gasteiger partial charge >= 0.3 is 5.97 Å². The lowest BCUT2D eigenvalue weighted by molar-refractivity contribution is -0.147. The molecule has 1 fully saturated rings. The van der Waals surface area contributed by atoms with E-state index in [4.69, 9.17) is 0 Å². The molecule has 0 spiro atoms. The van der Waals surface area contributed by atoms with E-state index in [0.29, 0.717) is 18.5 Å². The Morgan fingerprint density at radius 2 is 1.76 bits per heavy atom. The van der Waals surface area contributed by atoms with Crippen molar-refractivity contribution in [1.29, 1.82) is 0 Å². The third-order valence-corrected chi connectivity index (χ3v) is 4.73. The number of aliphatic carboxylic acids is 1. The summed E-state index contributed by atoms with van der Waals surface area (Å²) in [5.74, 6) is -2.63. The molecule has 7 heteroatoms. The topological polar surface area (TPSA) is 93.3 Å². The van der Waals surface area contributed by atoms with Crippen molar-refractivity contribution < 1.29 is 14.7 Å². The minimum Gasteiger partial charge on any atom is -0.481 e.